The summed E-state index contributed by atoms with van der Waals surface area (Å²) in [7, 11) is 0. The van der Waals surface area contributed by atoms with Crippen molar-refractivity contribution in [2.75, 3.05) is 17.6 Å². The predicted octanol–water partition coefficient (Wildman–Crippen LogP) is 3.84. The molecule has 1 atom stereocenters. The lowest BCUT2D eigenvalue weighted by molar-refractivity contribution is 0.107. The SMILES string of the molecule is Nc1nc(NCC2C[C@H]3CC[C@@H]2CC3)c2ccc(-c3cc[nH]n3)cc2n1. The van der Waals surface area contributed by atoms with E-state index < -0.39 is 0 Å². The van der Waals surface area contributed by atoms with Crippen LogP contribution in [0.2, 0.25) is 0 Å². The summed E-state index contributed by atoms with van der Waals surface area (Å²) in [6.07, 6.45) is 8.84. The minimum atomic E-state index is 0.310. The largest absolute Gasteiger partial charge is 0.369 e. The number of hydrogen-bond acceptors (Lipinski definition) is 5. The van der Waals surface area contributed by atoms with Gasteiger partial charge in [0, 0.05) is 23.7 Å². The molecule has 26 heavy (non-hydrogen) atoms. The molecule has 3 aromatic rings. The lowest BCUT2D eigenvalue weighted by Crippen LogP contribution is -2.35. The summed E-state index contributed by atoms with van der Waals surface area (Å²) >= 11 is 0. The van der Waals surface area contributed by atoms with Gasteiger partial charge in [-0.15, -0.1) is 0 Å². The number of nitrogens with two attached hydrogens (primary N) is 1. The van der Waals surface area contributed by atoms with Crippen LogP contribution in [-0.2, 0) is 0 Å². The molecule has 1 aromatic carbocycles. The number of H-pyrrole nitrogens is 1. The summed E-state index contributed by atoms with van der Waals surface area (Å²) in [5, 5.41) is 11.7. The van der Waals surface area contributed by atoms with Crippen molar-refractivity contribution in [1.29, 1.82) is 0 Å². The summed E-state index contributed by atoms with van der Waals surface area (Å²) in [5.41, 5.74) is 8.75. The second kappa shape index (κ2) is 6.27. The van der Waals surface area contributed by atoms with Crippen molar-refractivity contribution < 1.29 is 0 Å². The molecule has 0 spiro atoms. The minimum Gasteiger partial charge on any atom is -0.369 e. The monoisotopic (exact) mass is 348 g/mol. The Balaban J connectivity index is 1.42. The second-order valence-electron chi connectivity index (χ2n) is 7.78. The Hall–Kier alpha value is -2.63. The molecule has 3 aliphatic carbocycles. The molecule has 2 aromatic heterocycles. The molecule has 0 radical (unpaired) electrons. The third-order valence-corrected chi connectivity index (χ3v) is 6.24. The van der Waals surface area contributed by atoms with E-state index in [2.05, 4.69) is 37.6 Å². The van der Waals surface area contributed by atoms with Gasteiger partial charge in [-0.2, -0.15) is 10.1 Å². The molecular formula is C20H24N6. The van der Waals surface area contributed by atoms with E-state index in [0.717, 1.165) is 52.3 Å². The first-order chi connectivity index (χ1) is 12.8. The second-order valence-corrected chi connectivity index (χ2v) is 7.78. The number of nitrogen functional groups attached to an aromatic ring is 1. The lowest BCUT2D eigenvalue weighted by Gasteiger charge is -2.42. The maximum absolute atomic E-state index is 5.98. The van der Waals surface area contributed by atoms with E-state index in [1.807, 2.05) is 18.3 Å². The third-order valence-electron chi connectivity index (χ3n) is 6.24. The highest BCUT2D eigenvalue weighted by Crippen LogP contribution is 2.45. The quantitative estimate of drug-likeness (QED) is 0.666. The average molecular weight is 348 g/mol. The Morgan fingerprint density at radius 1 is 1.12 bits per heavy atom. The predicted molar refractivity (Wildman–Crippen MR) is 104 cm³/mol. The van der Waals surface area contributed by atoms with Crippen molar-refractivity contribution in [3.8, 4) is 11.3 Å². The molecule has 2 heterocycles. The van der Waals surface area contributed by atoms with Gasteiger partial charge in [-0.1, -0.05) is 18.9 Å². The number of aromatic amines is 1. The molecule has 1 unspecified atom stereocenters. The molecule has 6 rings (SSSR count). The van der Waals surface area contributed by atoms with Crippen LogP contribution in [0, 0.1) is 17.8 Å². The van der Waals surface area contributed by atoms with Crippen LogP contribution in [-0.4, -0.2) is 26.7 Å². The maximum atomic E-state index is 5.98. The van der Waals surface area contributed by atoms with Crippen LogP contribution in [0.25, 0.3) is 22.2 Å². The summed E-state index contributed by atoms with van der Waals surface area (Å²) < 4.78 is 0. The molecule has 134 valence electrons. The summed E-state index contributed by atoms with van der Waals surface area (Å²) in [4.78, 5) is 8.90. The van der Waals surface area contributed by atoms with E-state index in [1.54, 1.807) is 0 Å². The number of nitrogens with one attached hydrogen (secondary N) is 2. The minimum absolute atomic E-state index is 0.310. The highest BCUT2D eigenvalue weighted by molar-refractivity contribution is 5.92. The third kappa shape index (κ3) is 2.79. The fourth-order valence-corrected chi connectivity index (χ4v) is 4.86. The average Bonchev–Trinajstić information content (AvgIpc) is 3.21. The Bertz CT molecular complexity index is 911. The first-order valence-corrected chi connectivity index (χ1v) is 9.57. The number of nitrogens with zero attached hydrogens (tertiary/aromatic N) is 3. The standard InChI is InChI=1S/C20H24N6/c21-20-24-18-10-14(17-7-8-23-26-17)5-6-16(18)19(25-20)22-11-15-9-12-1-3-13(15)4-2-12/h5-8,10,12-13,15H,1-4,9,11H2,(H,23,26)(H3,21,22,24,25)/t12-,13+,15?. The van der Waals surface area contributed by atoms with E-state index >= 15 is 0 Å². The van der Waals surface area contributed by atoms with Gasteiger partial charge in [0.25, 0.3) is 0 Å². The number of hydrogen-bond donors (Lipinski definition) is 3. The topological polar surface area (TPSA) is 92.5 Å². The van der Waals surface area contributed by atoms with Crippen LogP contribution in [0.15, 0.2) is 30.5 Å². The first kappa shape index (κ1) is 15.6. The van der Waals surface area contributed by atoms with Gasteiger partial charge in [0.05, 0.1) is 11.2 Å². The van der Waals surface area contributed by atoms with Crippen LogP contribution in [0.1, 0.15) is 32.1 Å². The van der Waals surface area contributed by atoms with Crippen LogP contribution in [0.5, 0.6) is 0 Å². The van der Waals surface area contributed by atoms with Crippen LogP contribution in [0.4, 0.5) is 11.8 Å². The highest BCUT2D eigenvalue weighted by Gasteiger charge is 2.35. The van der Waals surface area contributed by atoms with Crippen molar-refractivity contribution in [3.05, 3.63) is 30.5 Å². The molecular weight excluding hydrogens is 324 g/mol. The Morgan fingerprint density at radius 3 is 2.73 bits per heavy atom. The maximum Gasteiger partial charge on any atom is 0.222 e. The van der Waals surface area contributed by atoms with E-state index in [1.165, 1.54) is 32.1 Å². The zero-order chi connectivity index (χ0) is 17.5. The number of rotatable bonds is 4. The van der Waals surface area contributed by atoms with Crippen LogP contribution < -0.4 is 11.1 Å². The zero-order valence-corrected chi connectivity index (χ0v) is 14.8. The van der Waals surface area contributed by atoms with Crippen molar-refractivity contribution in [1.82, 2.24) is 20.2 Å². The molecule has 4 N–H and O–H groups in total. The molecule has 0 aliphatic heterocycles. The first-order valence-electron chi connectivity index (χ1n) is 9.57. The summed E-state index contributed by atoms with van der Waals surface area (Å²) in [6, 6.07) is 8.10. The Labute approximate surface area is 152 Å². The highest BCUT2D eigenvalue weighted by atomic mass is 15.1. The normalized spacial score (nSPS) is 24.8. The molecule has 3 aliphatic rings. The van der Waals surface area contributed by atoms with Crippen LogP contribution >= 0.6 is 0 Å². The van der Waals surface area contributed by atoms with Gasteiger partial charge in [-0.05, 0) is 55.2 Å². The molecule has 3 fully saturated rings. The summed E-state index contributed by atoms with van der Waals surface area (Å²) in [6.45, 7) is 0.980. The Kier molecular flexibility index (Phi) is 3.76. The lowest BCUT2D eigenvalue weighted by atomic mass is 9.65. The molecule has 2 bridgehead atoms. The number of benzene rings is 1. The number of fused-ring (bicyclic) bond motifs is 4. The van der Waals surface area contributed by atoms with E-state index in [-0.39, 0.29) is 0 Å². The van der Waals surface area contributed by atoms with Gasteiger partial charge < -0.3 is 11.1 Å². The van der Waals surface area contributed by atoms with Gasteiger partial charge in [-0.3, -0.25) is 5.10 Å². The zero-order valence-electron chi connectivity index (χ0n) is 14.8. The molecule has 3 saturated carbocycles. The molecule has 0 saturated heterocycles. The van der Waals surface area contributed by atoms with Crippen LogP contribution in [0.3, 0.4) is 0 Å². The smallest absolute Gasteiger partial charge is 0.222 e. The molecule has 6 nitrogen and oxygen atoms in total. The fourth-order valence-electron chi connectivity index (χ4n) is 4.86. The molecule has 6 heteroatoms. The Morgan fingerprint density at radius 2 is 2.00 bits per heavy atom. The van der Waals surface area contributed by atoms with Gasteiger partial charge in [0.1, 0.15) is 5.82 Å². The van der Waals surface area contributed by atoms with Gasteiger partial charge in [0.15, 0.2) is 0 Å². The van der Waals surface area contributed by atoms with E-state index in [4.69, 9.17) is 5.73 Å². The van der Waals surface area contributed by atoms with Crippen molar-refractivity contribution in [3.63, 3.8) is 0 Å². The number of aromatic nitrogens is 4. The van der Waals surface area contributed by atoms with E-state index in [0.29, 0.717) is 5.95 Å². The number of anilines is 2. The van der Waals surface area contributed by atoms with Gasteiger partial charge in [-0.25, -0.2) is 4.98 Å². The summed E-state index contributed by atoms with van der Waals surface area (Å²) in [5.74, 6) is 3.74. The fraction of sp³-hybridized carbons (Fsp3) is 0.450. The van der Waals surface area contributed by atoms with Gasteiger partial charge in [0.2, 0.25) is 5.95 Å². The van der Waals surface area contributed by atoms with Crippen molar-refractivity contribution in [2.24, 2.45) is 17.8 Å². The van der Waals surface area contributed by atoms with Crippen molar-refractivity contribution in [2.45, 2.75) is 32.1 Å². The van der Waals surface area contributed by atoms with E-state index in [9.17, 15) is 0 Å². The molecule has 0 amide bonds. The van der Waals surface area contributed by atoms with Crippen molar-refractivity contribution >= 4 is 22.7 Å². The van der Waals surface area contributed by atoms with Gasteiger partial charge >= 0.3 is 0 Å².